The Morgan fingerprint density at radius 3 is 2.92 bits per heavy atom. The van der Waals surface area contributed by atoms with Crippen molar-refractivity contribution < 1.29 is 9.18 Å². The first-order chi connectivity index (χ1) is 6.00. The highest BCUT2D eigenvalue weighted by Gasteiger charge is 2.44. The zero-order valence-corrected chi connectivity index (χ0v) is 8.82. The molecule has 0 radical (unpaired) electrons. The van der Waals surface area contributed by atoms with E-state index in [2.05, 4.69) is 15.9 Å². The Bertz CT molecular complexity index is 389. The van der Waals surface area contributed by atoms with E-state index >= 15 is 0 Å². The minimum Gasteiger partial charge on any atom is -0.289 e. The van der Waals surface area contributed by atoms with Gasteiger partial charge in [-0.2, -0.15) is 0 Å². The number of carbonyl (C=O) groups is 1. The molecule has 0 aromatic heterocycles. The normalized spacial score (nSPS) is 26.2. The average Bonchev–Trinajstić information content (AvgIpc) is 2.22. The van der Waals surface area contributed by atoms with E-state index in [1.54, 1.807) is 18.2 Å². The van der Waals surface area contributed by atoms with Crippen LogP contribution in [0.4, 0.5) is 4.39 Å². The molecule has 4 heteroatoms. The van der Waals surface area contributed by atoms with Crippen LogP contribution in [0.25, 0.3) is 0 Å². The van der Waals surface area contributed by atoms with Crippen LogP contribution in [-0.4, -0.2) is 10.9 Å². The van der Waals surface area contributed by atoms with Gasteiger partial charge in [-0.3, -0.25) is 4.79 Å². The minimum absolute atomic E-state index is 0.0395. The first-order valence-corrected chi connectivity index (χ1v) is 4.89. The lowest BCUT2D eigenvalue weighted by Gasteiger charge is -2.04. The number of ketones is 1. The highest BCUT2D eigenvalue weighted by molar-refractivity contribution is 9.10. The highest BCUT2D eigenvalue weighted by atomic mass is 79.9. The lowest BCUT2D eigenvalue weighted by molar-refractivity contribution is 0.0855. The van der Waals surface area contributed by atoms with Crippen LogP contribution < -0.4 is 0 Å². The van der Waals surface area contributed by atoms with Crippen molar-refractivity contribution in [2.75, 3.05) is 0 Å². The molecule has 1 unspecified atom stereocenters. The van der Waals surface area contributed by atoms with Gasteiger partial charge in [0.2, 0.25) is 10.9 Å². The summed E-state index contributed by atoms with van der Waals surface area (Å²) in [5.74, 6) is -0.628. The molecule has 0 aliphatic heterocycles. The van der Waals surface area contributed by atoms with Crippen molar-refractivity contribution in [3.8, 4) is 0 Å². The SMILES string of the molecule is O=C1c2ccc(Br)cc2CC1(F)Cl. The third kappa shape index (κ3) is 1.40. The fourth-order valence-electron chi connectivity index (χ4n) is 1.45. The molecule has 68 valence electrons. The predicted molar refractivity (Wildman–Crippen MR) is 51.9 cm³/mol. The van der Waals surface area contributed by atoms with E-state index < -0.39 is 10.9 Å². The van der Waals surface area contributed by atoms with Crippen molar-refractivity contribution in [1.29, 1.82) is 0 Å². The maximum atomic E-state index is 13.3. The molecule has 13 heavy (non-hydrogen) atoms. The van der Waals surface area contributed by atoms with Crippen LogP contribution in [0.1, 0.15) is 15.9 Å². The summed E-state index contributed by atoms with van der Waals surface area (Å²) in [5.41, 5.74) is 1.05. The Kier molecular flexibility index (Phi) is 1.96. The molecule has 2 rings (SSSR count). The standard InChI is InChI=1S/C9H5BrClFO/c10-6-1-2-7-5(3-6)4-9(11,12)8(7)13/h1-3H,4H2. The summed E-state index contributed by atoms with van der Waals surface area (Å²) in [4.78, 5) is 11.3. The van der Waals surface area contributed by atoms with E-state index in [0.717, 1.165) is 4.47 Å². The molecule has 1 nitrogen and oxygen atoms in total. The van der Waals surface area contributed by atoms with E-state index in [9.17, 15) is 9.18 Å². The lowest BCUT2D eigenvalue weighted by atomic mass is 10.1. The Balaban J connectivity index is 2.57. The highest BCUT2D eigenvalue weighted by Crippen LogP contribution is 2.37. The Labute approximate surface area is 88.0 Å². The van der Waals surface area contributed by atoms with E-state index in [1.165, 1.54) is 0 Å². The molecule has 1 aromatic carbocycles. The minimum atomic E-state index is -2.23. The van der Waals surface area contributed by atoms with E-state index in [4.69, 9.17) is 11.6 Å². The number of alkyl halides is 2. The molecule has 0 saturated heterocycles. The maximum absolute atomic E-state index is 13.3. The zero-order valence-electron chi connectivity index (χ0n) is 6.48. The number of halogens is 3. The molecule has 0 bridgehead atoms. The van der Waals surface area contributed by atoms with Gasteiger partial charge in [-0.25, -0.2) is 4.39 Å². The van der Waals surface area contributed by atoms with Crippen molar-refractivity contribution in [2.45, 2.75) is 11.5 Å². The third-order valence-electron chi connectivity index (χ3n) is 2.06. The van der Waals surface area contributed by atoms with Crippen LogP contribution in [0.15, 0.2) is 22.7 Å². The Morgan fingerprint density at radius 1 is 1.54 bits per heavy atom. The molecule has 0 N–H and O–H groups in total. The number of Topliss-reactive ketones (excluding diaryl/α,β-unsaturated/α-hetero) is 1. The van der Waals surface area contributed by atoms with Crippen LogP contribution in [0.5, 0.6) is 0 Å². The summed E-state index contributed by atoms with van der Waals surface area (Å²) in [6.45, 7) is 0. The second-order valence-electron chi connectivity index (χ2n) is 3.01. The zero-order chi connectivity index (χ0) is 9.64. The van der Waals surface area contributed by atoms with Gasteiger partial charge in [0, 0.05) is 16.5 Å². The molecule has 1 aromatic rings. The first kappa shape index (κ1) is 9.16. The summed E-state index contributed by atoms with van der Waals surface area (Å²) < 4.78 is 14.2. The topological polar surface area (TPSA) is 17.1 Å². The predicted octanol–water partition coefficient (Wildman–Crippen LogP) is 3.09. The summed E-state index contributed by atoms with van der Waals surface area (Å²) in [7, 11) is 0. The molecule has 0 heterocycles. The van der Waals surface area contributed by atoms with Gasteiger partial charge < -0.3 is 0 Å². The van der Waals surface area contributed by atoms with Gasteiger partial charge in [0.05, 0.1) is 0 Å². The number of benzene rings is 1. The summed E-state index contributed by atoms with van der Waals surface area (Å²) in [5, 5.41) is -2.23. The van der Waals surface area contributed by atoms with E-state index in [0.29, 0.717) is 11.1 Å². The Morgan fingerprint density at radius 2 is 2.23 bits per heavy atom. The fourth-order valence-corrected chi connectivity index (χ4v) is 2.10. The number of fused-ring (bicyclic) bond motifs is 1. The first-order valence-electron chi connectivity index (χ1n) is 3.72. The molecule has 1 atom stereocenters. The second-order valence-corrected chi connectivity index (χ2v) is 4.53. The monoisotopic (exact) mass is 262 g/mol. The largest absolute Gasteiger partial charge is 0.289 e. The molecular formula is C9H5BrClFO. The second kappa shape index (κ2) is 2.79. The quantitative estimate of drug-likeness (QED) is 0.657. The van der Waals surface area contributed by atoms with Gasteiger partial charge in [-0.15, -0.1) is 0 Å². The number of rotatable bonds is 0. The van der Waals surface area contributed by atoms with E-state index in [1.807, 2.05) is 0 Å². The molecule has 0 spiro atoms. The van der Waals surface area contributed by atoms with Crippen LogP contribution >= 0.6 is 27.5 Å². The Hall–Kier alpha value is -0.410. The molecule has 0 saturated carbocycles. The third-order valence-corrected chi connectivity index (χ3v) is 2.86. The van der Waals surface area contributed by atoms with Gasteiger partial charge in [-0.05, 0) is 23.8 Å². The average molecular weight is 263 g/mol. The molecule has 1 aliphatic carbocycles. The van der Waals surface area contributed by atoms with Crippen molar-refractivity contribution in [3.05, 3.63) is 33.8 Å². The molecule has 0 amide bonds. The van der Waals surface area contributed by atoms with Crippen LogP contribution in [0, 0.1) is 0 Å². The fraction of sp³-hybridized carbons (Fsp3) is 0.222. The molecule has 0 fully saturated rings. The van der Waals surface area contributed by atoms with Gasteiger partial charge in [0.15, 0.2) is 0 Å². The molecule has 1 aliphatic rings. The lowest BCUT2D eigenvalue weighted by Crippen LogP contribution is -2.22. The number of carbonyl (C=O) groups excluding carboxylic acids is 1. The summed E-state index contributed by atoms with van der Waals surface area (Å²) in [6, 6.07) is 5.01. The smallest absolute Gasteiger partial charge is 0.249 e. The number of hydrogen-bond donors (Lipinski definition) is 0. The molecular weight excluding hydrogens is 258 g/mol. The van der Waals surface area contributed by atoms with Gasteiger partial charge >= 0.3 is 0 Å². The van der Waals surface area contributed by atoms with Crippen LogP contribution in [-0.2, 0) is 6.42 Å². The van der Waals surface area contributed by atoms with Crippen LogP contribution in [0.3, 0.4) is 0 Å². The number of hydrogen-bond acceptors (Lipinski definition) is 1. The van der Waals surface area contributed by atoms with Crippen molar-refractivity contribution >= 4 is 33.3 Å². The van der Waals surface area contributed by atoms with Crippen molar-refractivity contribution in [1.82, 2.24) is 0 Å². The van der Waals surface area contributed by atoms with Gasteiger partial charge in [-0.1, -0.05) is 27.5 Å². The van der Waals surface area contributed by atoms with Crippen LogP contribution in [0.2, 0.25) is 0 Å². The summed E-state index contributed by atoms with van der Waals surface area (Å²) >= 11 is 8.65. The summed E-state index contributed by atoms with van der Waals surface area (Å²) in [6.07, 6.45) is -0.0395. The van der Waals surface area contributed by atoms with E-state index in [-0.39, 0.29) is 6.42 Å². The maximum Gasteiger partial charge on any atom is 0.249 e. The van der Waals surface area contributed by atoms with Gasteiger partial charge in [0.25, 0.3) is 0 Å². The van der Waals surface area contributed by atoms with Crippen molar-refractivity contribution in [3.63, 3.8) is 0 Å². The van der Waals surface area contributed by atoms with Crippen molar-refractivity contribution in [2.24, 2.45) is 0 Å². The van der Waals surface area contributed by atoms with Gasteiger partial charge in [0.1, 0.15) is 0 Å².